The van der Waals surface area contributed by atoms with Crippen LogP contribution in [-0.2, 0) is 0 Å². The lowest BCUT2D eigenvalue weighted by molar-refractivity contribution is 0.115. The molecule has 1 aromatic rings. The van der Waals surface area contributed by atoms with Gasteiger partial charge >= 0.3 is 0 Å². The highest BCUT2D eigenvalue weighted by molar-refractivity contribution is 5.39. The Morgan fingerprint density at radius 1 is 1.24 bits per heavy atom. The number of anilines is 1. The molecule has 0 saturated carbocycles. The van der Waals surface area contributed by atoms with E-state index in [0.29, 0.717) is 6.54 Å². The Balaban J connectivity index is 2.51. The molecule has 1 atom stereocenters. The summed E-state index contributed by atoms with van der Waals surface area (Å²) in [6, 6.07) is 7.46. The minimum atomic E-state index is -0.424. The number of aliphatic hydroxyl groups excluding tert-OH is 1. The molecule has 3 heteroatoms. The van der Waals surface area contributed by atoms with Crippen LogP contribution in [-0.4, -0.2) is 29.6 Å². The highest BCUT2D eigenvalue weighted by atomic mass is 16.3. The van der Waals surface area contributed by atoms with Gasteiger partial charge in [-0.15, -0.1) is 0 Å². The minimum absolute atomic E-state index is 0.424. The van der Waals surface area contributed by atoms with Crippen LogP contribution in [0.25, 0.3) is 0 Å². The van der Waals surface area contributed by atoms with Crippen molar-refractivity contribution in [1.29, 1.82) is 0 Å². The fourth-order valence-electron chi connectivity index (χ4n) is 1.83. The number of likely N-dealkylation sites (N-methyl/N-ethyl adjacent to an activating group) is 1. The average Bonchev–Trinajstić information content (AvgIpc) is 2.35. The Labute approximate surface area is 104 Å². The number of benzene rings is 1. The highest BCUT2D eigenvalue weighted by Gasteiger charge is 2.11. The maximum atomic E-state index is 10.1. The van der Waals surface area contributed by atoms with Gasteiger partial charge in [0.1, 0.15) is 0 Å². The van der Waals surface area contributed by atoms with Crippen molar-refractivity contribution in [2.75, 3.05) is 25.4 Å². The number of nitrogens with two attached hydrogens (primary N) is 1. The van der Waals surface area contributed by atoms with Gasteiger partial charge in [0.2, 0.25) is 0 Å². The molecule has 3 N–H and O–H groups in total. The van der Waals surface area contributed by atoms with Crippen LogP contribution in [0.5, 0.6) is 0 Å². The van der Waals surface area contributed by atoms with Crippen molar-refractivity contribution in [3.8, 4) is 0 Å². The van der Waals surface area contributed by atoms with E-state index in [1.165, 1.54) is 12.8 Å². The van der Waals surface area contributed by atoms with E-state index in [9.17, 15) is 5.11 Å². The first-order valence-corrected chi connectivity index (χ1v) is 6.43. The third-order valence-corrected chi connectivity index (χ3v) is 3.03. The van der Waals surface area contributed by atoms with Crippen LogP contribution in [0.3, 0.4) is 0 Å². The van der Waals surface area contributed by atoms with E-state index < -0.39 is 6.10 Å². The van der Waals surface area contributed by atoms with Crippen molar-refractivity contribution in [3.63, 3.8) is 0 Å². The van der Waals surface area contributed by atoms with Crippen LogP contribution < -0.4 is 5.73 Å². The van der Waals surface area contributed by atoms with Crippen LogP contribution in [0, 0.1) is 0 Å². The quantitative estimate of drug-likeness (QED) is 0.715. The first kappa shape index (κ1) is 14.0. The second-order valence-corrected chi connectivity index (χ2v) is 4.43. The van der Waals surface area contributed by atoms with Gasteiger partial charge in [0.15, 0.2) is 0 Å². The van der Waals surface area contributed by atoms with Crippen molar-refractivity contribution >= 4 is 5.69 Å². The maximum absolute atomic E-state index is 10.1. The summed E-state index contributed by atoms with van der Waals surface area (Å²) in [7, 11) is 0. The maximum Gasteiger partial charge on any atom is 0.0916 e. The molecule has 0 saturated heterocycles. The zero-order valence-corrected chi connectivity index (χ0v) is 10.9. The Hall–Kier alpha value is -1.06. The van der Waals surface area contributed by atoms with E-state index in [2.05, 4.69) is 18.7 Å². The lowest BCUT2D eigenvalue weighted by atomic mass is 10.1. The largest absolute Gasteiger partial charge is 0.399 e. The number of nitrogens with zero attached hydrogens (tertiary/aromatic N) is 1. The lowest BCUT2D eigenvalue weighted by Crippen LogP contribution is -2.29. The SMILES string of the molecule is CCCCN(CC)CC(O)c1ccc(N)cc1. The third kappa shape index (κ3) is 4.75. The summed E-state index contributed by atoms with van der Waals surface area (Å²) in [5, 5.41) is 10.1. The summed E-state index contributed by atoms with van der Waals surface area (Å²) < 4.78 is 0. The molecule has 0 spiro atoms. The summed E-state index contributed by atoms with van der Waals surface area (Å²) in [5.41, 5.74) is 7.30. The molecule has 1 aromatic carbocycles. The van der Waals surface area contributed by atoms with E-state index >= 15 is 0 Å². The van der Waals surface area contributed by atoms with Crippen LogP contribution >= 0.6 is 0 Å². The van der Waals surface area contributed by atoms with E-state index in [-0.39, 0.29) is 0 Å². The summed E-state index contributed by atoms with van der Waals surface area (Å²) >= 11 is 0. The Morgan fingerprint density at radius 3 is 2.41 bits per heavy atom. The molecule has 0 radical (unpaired) electrons. The standard InChI is InChI=1S/C14H24N2O/c1-3-5-10-16(4-2)11-14(17)12-6-8-13(15)9-7-12/h6-9,14,17H,3-5,10-11,15H2,1-2H3. The monoisotopic (exact) mass is 236 g/mol. The molecule has 0 bridgehead atoms. The molecule has 0 amide bonds. The molecule has 0 aliphatic carbocycles. The fraction of sp³-hybridized carbons (Fsp3) is 0.571. The van der Waals surface area contributed by atoms with Crippen molar-refractivity contribution in [2.45, 2.75) is 32.8 Å². The number of hydrogen-bond donors (Lipinski definition) is 2. The van der Waals surface area contributed by atoms with Crippen molar-refractivity contribution in [3.05, 3.63) is 29.8 Å². The van der Waals surface area contributed by atoms with Crippen molar-refractivity contribution in [1.82, 2.24) is 4.90 Å². The van der Waals surface area contributed by atoms with Gasteiger partial charge < -0.3 is 15.7 Å². The fourth-order valence-corrected chi connectivity index (χ4v) is 1.83. The average molecular weight is 236 g/mol. The zero-order valence-electron chi connectivity index (χ0n) is 10.9. The van der Waals surface area contributed by atoms with Gasteiger partial charge in [-0.25, -0.2) is 0 Å². The second-order valence-electron chi connectivity index (χ2n) is 4.43. The van der Waals surface area contributed by atoms with Crippen LogP contribution in [0.2, 0.25) is 0 Å². The van der Waals surface area contributed by atoms with Crippen molar-refractivity contribution in [2.24, 2.45) is 0 Å². The van der Waals surface area contributed by atoms with E-state index in [1.807, 2.05) is 24.3 Å². The van der Waals surface area contributed by atoms with Crippen LogP contribution in [0.1, 0.15) is 38.4 Å². The normalized spacial score (nSPS) is 12.9. The molecule has 0 aromatic heterocycles. The molecule has 0 fully saturated rings. The van der Waals surface area contributed by atoms with Gasteiger partial charge in [-0.3, -0.25) is 0 Å². The third-order valence-electron chi connectivity index (χ3n) is 3.03. The lowest BCUT2D eigenvalue weighted by Gasteiger charge is -2.23. The van der Waals surface area contributed by atoms with Crippen molar-refractivity contribution < 1.29 is 5.11 Å². The van der Waals surface area contributed by atoms with Gasteiger partial charge in [-0.2, -0.15) is 0 Å². The summed E-state index contributed by atoms with van der Waals surface area (Å²) in [6.07, 6.45) is 1.95. The van der Waals surface area contributed by atoms with Crippen LogP contribution in [0.15, 0.2) is 24.3 Å². The molecule has 96 valence electrons. The van der Waals surface area contributed by atoms with Crippen LogP contribution in [0.4, 0.5) is 5.69 Å². The van der Waals surface area contributed by atoms with Gasteiger partial charge in [0.25, 0.3) is 0 Å². The summed E-state index contributed by atoms with van der Waals surface area (Å²) in [4.78, 5) is 2.28. The molecule has 1 rings (SSSR count). The van der Waals surface area contributed by atoms with Gasteiger partial charge in [-0.05, 0) is 37.2 Å². The first-order chi connectivity index (χ1) is 8.17. The summed E-state index contributed by atoms with van der Waals surface area (Å²) in [6.45, 7) is 7.04. The molecule has 3 nitrogen and oxygen atoms in total. The predicted molar refractivity (Wildman–Crippen MR) is 72.8 cm³/mol. The molecule has 0 aliphatic heterocycles. The topological polar surface area (TPSA) is 49.5 Å². The molecular weight excluding hydrogens is 212 g/mol. The molecule has 0 aliphatic rings. The first-order valence-electron chi connectivity index (χ1n) is 6.43. The number of hydrogen-bond acceptors (Lipinski definition) is 3. The van der Waals surface area contributed by atoms with E-state index in [1.54, 1.807) is 0 Å². The molecule has 17 heavy (non-hydrogen) atoms. The second kappa shape index (κ2) is 7.30. The van der Waals surface area contributed by atoms with Gasteiger partial charge in [-0.1, -0.05) is 32.4 Å². The number of rotatable bonds is 7. The van der Waals surface area contributed by atoms with E-state index in [0.717, 1.165) is 24.3 Å². The Morgan fingerprint density at radius 2 is 1.88 bits per heavy atom. The van der Waals surface area contributed by atoms with Gasteiger partial charge in [0, 0.05) is 12.2 Å². The number of aliphatic hydroxyl groups is 1. The van der Waals surface area contributed by atoms with E-state index in [4.69, 9.17) is 5.73 Å². The molecule has 0 heterocycles. The number of nitrogen functional groups attached to an aromatic ring is 1. The highest BCUT2D eigenvalue weighted by Crippen LogP contribution is 2.16. The number of unbranched alkanes of at least 4 members (excludes halogenated alkanes) is 1. The zero-order chi connectivity index (χ0) is 12.7. The molecule has 1 unspecified atom stereocenters. The summed E-state index contributed by atoms with van der Waals surface area (Å²) in [5.74, 6) is 0. The minimum Gasteiger partial charge on any atom is -0.399 e. The Bertz CT molecular complexity index is 311. The Kier molecular flexibility index (Phi) is 6.01. The van der Waals surface area contributed by atoms with Gasteiger partial charge in [0.05, 0.1) is 6.10 Å². The smallest absolute Gasteiger partial charge is 0.0916 e. The predicted octanol–water partition coefficient (Wildman–Crippen LogP) is 2.42. The molecular formula is C14H24N2O.